The molecule has 2 aromatic carbocycles. The van der Waals surface area contributed by atoms with Crippen LogP contribution >= 0.6 is 15.9 Å². The molecule has 0 aliphatic heterocycles. The maximum Gasteiger partial charge on any atom is 0.167 e. The quantitative estimate of drug-likeness (QED) is 0.912. The molecule has 18 heavy (non-hydrogen) atoms. The van der Waals surface area contributed by atoms with Crippen LogP contribution in [0.4, 0.5) is 4.39 Å². The molecule has 0 fully saturated rings. The van der Waals surface area contributed by atoms with Crippen molar-refractivity contribution in [2.75, 3.05) is 0 Å². The lowest BCUT2D eigenvalue weighted by molar-refractivity contribution is 0.430. The van der Waals surface area contributed by atoms with Gasteiger partial charge in [0.25, 0.3) is 0 Å². The van der Waals surface area contributed by atoms with Crippen molar-refractivity contribution < 1.29 is 9.13 Å². The van der Waals surface area contributed by atoms with Crippen LogP contribution in [0.25, 0.3) is 0 Å². The molecule has 0 heterocycles. The molecule has 0 aromatic heterocycles. The molecule has 94 valence electrons. The van der Waals surface area contributed by atoms with Gasteiger partial charge < -0.3 is 10.5 Å². The summed E-state index contributed by atoms with van der Waals surface area (Å²) in [6, 6.07) is 11.7. The summed E-state index contributed by atoms with van der Waals surface area (Å²) in [5.74, 6) is 0.324. The molecule has 2 aromatic rings. The molecule has 0 unspecified atom stereocenters. The maximum atomic E-state index is 13.8. The van der Waals surface area contributed by atoms with Gasteiger partial charge in [-0.25, -0.2) is 4.39 Å². The molecule has 0 aliphatic rings. The highest BCUT2D eigenvalue weighted by molar-refractivity contribution is 9.10. The SMILES string of the molecule is C[C@H](N)c1cccc(F)c1Oc1ccccc1Br. The highest BCUT2D eigenvalue weighted by atomic mass is 79.9. The first kappa shape index (κ1) is 13.1. The first-order chi connectivity index (χ1) is 8.59. The Bertz CT molecular complexity index is 557. The minimum absolute atomic E-state index is 0.180. The second-order valence-corrected chi connectivity index (χ2v) is 4.83. The van der Waals surface area contributed by atoms with Gasteiger partial charge in [-0.1, -0.05) is 24.3 Å². The molecule has 0 bridgehead atoms. The number of para-hydroxylation sites is 2. The fourth-order valence-electron chi connectivity index (χ4n) is 1.63. The van der Waals surface area contributed by atoms with E-state index in [0.29, 0.717) is 11.3 Å². The van der Waals surface area contributed by atoms with Crippen molar-refractivity contribution >= 4 is 15.9 Å². The topological polar surface area (TPSA) is 35.2 Å². The molecule has 0 aliphatic carbocycles. The molecule has 1 atom stereocenters. The third-order valence-corrected chi connectivity index (χ3v) is 3.19. The van der Waals surface area contributed by atoms with E-state index in [1.807, 2.05) is 18.2 Å². The molecule has 0 amide bonds. The average Bonchev–Trinajstić information content (AvgIpc) is 2.34. The van der Waals surface area contributed by atoms with Crippen LogP contribution in [0.1, 0.15) is 18.5 Å². The zero-order valence-corrected chi connectivity index (χ0v) is 11.4. The van der Waals surface area contributed by atoms with Gasteiger partial charge in [0.05, 0.1) is 4.47 Å². The average molecular weight is 310 g/mol. The van der Waals surface area contributed by atoms with E-state index in [1.165, 1.54) is 6.07 Å². The Kier molecular flexibility index (Phi) is 3.99. The van der Waals surface area contributed by atoms with Gasteiger partial charge >= 0.3 is 0 Å². The molecule has 0 saturated heterocycles. The van der Waals surface area contributed by atoms with Crippen LogP contribution in [-0.4, -0.2) is 0 Å². The second kappa shape index (κ2) is 5.50. The van der Waals surface area contributed by atoms with E-state index in [9.17, 15) is 4.39 Å². The minimum Gasteiger partial charge on any atom is -0.453 e. The second-order valence-electron chi connectivity index (χ2n) is 3.98. The first-order valence-corrected chi connectivity index (χ1v) is 6.35. The molecule has 2 rings (SSSR count). The lowest BCUT2D eigenvalue weighted by Gasteiger charge is -2.15. The van der Waals surface area contributed by atoms with Gasteiger partial charge in [-0.15, -0.1) is 0 Å². The molecule has 2 N–H and O–H groups in total. The third kappa shape index (κ3) is 2.71. The van der Waals surface area contributed by atoms with E-state index in [1.54, 1.807) is 25.1 Å². The molecule has 4 heteroatoms. The predicted octanol–water partition coefficient (Wildman–Crippen LogP) is 4.40. The summed E-state index contributed by atoms with van der Waals surface area (Å²) in [5.41, 5.74) is 6.46. The Labute approximate surface area is 114 Å². The predicted molar refractivity (Wildman–Crippen MR) is 73.2 cm³/mol. The van der Waals surface area contributed by atoms with Crippen LogP contribution < -0.4 is 10.5 Å². The van der Waals surface area contributed by atoms with Crippen LogP contribution in [0.15, 0.2) is 46.9 Å². The Morgan fingerprint density at radius 1 is 1.17 bits per heavy atom. The number of benzene rings is 2. The standard InChI is InChI=1S/C14H13BrFNO/c1-9(17)10-5-4-7-12(16)14(10)18-13-8-3-2-6-11(13)15/h2-9H,17H2,1H3/t9-/m0/s1. The summed E-state index contributed by atoms with van der Waals surface area (Å²) in [7, 11) is 0. The fraction of sp³-hybridized carbons (Fsp3) is 0.143. The number of hydrogen-bond donors (Lipinski definition) is 1. The molecular weight excluding hydrogens is 297 g/mol. The largest absolute Gasteiger partial charge is 0.453 e. The Morgan fingerprint density at radius 2 is 1.89 bits per heavy atom. The monoisotopic (exact) mass is 309 g/mol. The number of nitrogens with two attached hydrogens (primary N) is 1. The summed E-state index contributed by atoms with van der Waals surface area (Å²) in [6.45, 7) is 1.79. The van der Waals surface area contributed by atoms with Crippen LogP contribution in [-0.2, 0) is 0 Å². The van der Waals surface area contributed by atoms with E-state index in [0.717, 1.165) is 4.47 Å². The smallest absolute Gasteiger partial charge is 0.167 e. The van der Waals surface area contributed by atoms with Crippen molar-refractivity contribution in [1.29, 1.82) is 0 Å². The van der Waals surface area contributed by atoms with E-state index in [4.69, 9.17) is 10.5 Å². The highest BCUT2D eigenvalue weighted by Crippen LogP contribution is 2.34. The lowest BCUT2D eigenvalue weighted by Crippen LogP contribution is -2.07. The first-order valence-electron chi connectivity index (χ1n) is 5.56. The van der Waals surface area contributed by atoms with Crippen molar-refractivity contribution in [1.82, 2.24) is 0 Å². The normalized spacial score (nSPS) is 12.2. The molecule has 2 nitrogen and oxygen atoms in total. The van der Waals surface area contributed by atoms with E-state index >= 15 is 0 Å². The van der Waals surface area contributed by atoms with Gasteiger partial charge in [-0.3, -0.25) is 0 Å². The number of hydrogen-bond acceptors (Lipinski definition) is 2. The zero-order valence-electron chi connectivity index (χ0n) is 9.86. The molecule has 0 spiro atoms. The lowest BCUT2D eigenvalue weighted by atomic mass is 10.1. The minimum atomic E-state index is -0.416. The van der Waals surface area contributed by atoms with Crippen molar-refractivity contribution in [3.8, 4) is 11.5 Å². The summed E-state index contributed by atoms with van der Waals surface area (Å²) in [5, 5.41) is 0. The van der Waals surface area contributed by atoms with Gasteiger partial charge in [0.1, 0.15) is 5.75 Å². The van der Waals surface area contributed by atoms with Crippen molar-refractivity contribution in [3.63, 3.8) is 0 Å². The highest BCUT2D eigenvalue weighted by Gasteiger charge is 2.14. The van der Waals surface area contributed by atoms with Crippen LogP contribution in [0.2, 0.25) is 0 Å². The van der Waals surface area contributed by atoms with Crippen LogP contribution in [0.3, 0.4) is 0 Å². The van der Waals surface area contributed by atoms with E-state index in [-0.39, 0.29) is 11.8 Å². The summed E-state index contributed by atoms with van der Waals surface area (Å²) < 4.78 is 20.2. The molecule has 0 saturated carbocycles. The van der Waals surface area contributed by atoms with Crippen LogP contribution in [0.5, 0.6) is 11.5 Å². The van der Waals surface area contributed by atoms with Gasteiger partial charge in [0.2, 0.25) is 0 Å². The van der Waals surface area contributed by atoms with Crippen molar-refractivity contribution in [2.45, 2.75) is 13.0 Å². The van der Waals surface area contributed by atoms with Gasteiger partial charge in [0.15, 0.2) is 11.6 Å². The number of halogens is 2. The van der Waals surface area contributed by atoms with Gasteiger partial charge in [-0.2, -0.15) is 0 Å². The van der Waals surface area contributed by atoms with Crippen molar-refractivity contribution in [3.05, 3.63) is 58.3 Å². The fourth-order valence-corrected chi connectivity index (χ4v) is 1.99. The number of ether oxygens (including phenoxy) is 1. The summed E-state index contributed by atoms with van der Waals surface area (Å²) >= 11 is 3.36. The zero-order chi connectivity index (χ0) is 13.1. The molecular formula is C14H13BrFNO. The maximum absolute atomic E-state index is 13.8. The third-order valence-electron chi connectivity index (χ3n) is 2.54. The van der Waals surface area contributed by atoms with Crippen LogP contribution in [0, 0.1) is 5.82 Å². The van der Waals surface area contributed by atoms with Gasteiger partial charge in [0, 0.05) is 11.6 Å². The van der Waals surface area contributed by atoms with Crippen molar-refractivity contribution in [2.24, 2.45) is 5.73 Å². The Balaban J connectivity index is 2.43. The van der Waals surface area contributed by atoms with E-state index < -0.39 is 5.82 Å². The molecule has 0 radical (unpaired) electrons. The summed E-state index contributed by atoms with van der Waals surface area (Å²) in [6.07, 6.45) is 0. The number of rotatable bonds is 3. The Morgan fingerprint density at radius 3 is 2.56 bits per heavy atom. The van der Waals surface area contributed by atoms with Gasteiger partial charge in [-0.05, 0) is 41.1 Å². The Hall–Kier alpha value is -1.39. The summed E-state index contributed by atoms with van der Waals surface area (Å²) in [4.78, 5) is 0. The van der Waals surface area contributed by atoms with E-state index in [2.05, 4.69) is 15.9 Å².